The Morgan fingerprint density at radius 1 is 1.29 bits per heavy atom. The Labute approximate surface area is 165 Å². The molecule has 0 spiro atoms. The topological polar surface area (TPSA) is 74.6 Å². The molecule has 0 saturated carbocycles. The lowest BCUT2D eigenvalue weighted by Gasteiger charge is -2.32. The summed E-state index contributed by atoms with van der Waals surface area (Å²) in [4.78, 5) is 11.6. The van der Waals surface area contributed by atoms with Gasteiger partial charge in [-0.1, -0.05) is 0 Å². The number of fused-ring (bicyclic) bond motifs is 1. The lowest BCUT2D eigenvalue weighted by Crippen LogP contribution is -2.41. The minimum Gasteiger partial charge on any atom is -0.490 e. The van der Waals surface area contributed by atoms with Crippen molar-refractivity contribution in [1.82, 2.24) is 15.1 Å². The number of hydrogen-bond donors (Lipinski definition) is 1. The summed E-state index contributed by atoms with van der Waals surface area (Å²) in [5, 5.41) is 8.37. The second kappa shape index (κ2) is 6.49. The number of rotatable bonds is 4. The maximum absolute atomic E-state index is 11.6. The molecule has 0 aliphatic carbocycles. The lowest BCUT2D eigenvalue weighted by atomic mass is 9.78. The number of carbonyl (C=O) groups is 1. The third-order valence-electron chi connectivity index (χ3n) is 6.24. The molecule has 2 aromatic rings. The van der Waals surface area contributed by atoms with Crippen molar-refractivity contribution in [2.75, 3.05) is 6.54 Å². The van der Waals surface area contributed by atoms with Crippen LogP contribution in [0.5, 0.6) is 5.75 Å². The summed E-state index contributed by atoms with van der Waals surface area (Å²) in [6, 6.07) is 3.97. The predicted molar refractivity (Wildman–Crippen MR) is 108 cm³/mol. The Morgan fingerprint density at radius 2 is 1.96 bits per heavy atom. The van der Waals surface area contributed by atoms with Crippen molar-refractivity contribution < 1.29 is 18.8 Å². The molecule has 7 nitrogen and oxygen atoms in total. The largest absolute Gasteiger partial charge is 0.495 e. The summed E-state index contributed by atoms with van der Waals surface area (Å²) in [5.41, 5.74) is 0.882. The number of nitrogens with zero attached hydrogens (tertiary/aromatic N) is 2. The van der Waals surface area contributed by atoms with Crippen LogP contribution in [-0.2, 0) is 21.2 Å². The minimum absolute atomic E-state index is 0.0814. The fourth-order valence-electron chi connectivity index (χ4n) is 3.70. The van der Waals surface area contributed by atoms with Gasteiger partial charge < -0.3 is 19.4 Å². The van der Waals surface area contributed by atoms with Gasteiger partial charge in [-0.05, 0) is 52.2 Å². The summed E-state index contributed by atoms with van der Waals surface area (Å²) in [5.74, 6) is 0.972. The Bertz CT molecular complexity index is 908. The smallest absolute Gasteiger partial charge is 0.490 e. The van der Waals surface area contributed by atoms with E-state index in [0.29, 0.717) is 13.0 Å². The maximum atomic E-state index is 11.6. The number of aromatic nitrogens is 2. The van der Waals surface area contributed by atoms with Crippen LogP contribution in [0.4, 0.5) is 0 Å². The van der Waals surface area contributed by atoms with Gasteiger partial charge in [-0.15, -0.1) is 0 Å². The molecule has 2 aliphatic rings. The molecule has 1 N–H and O–H groups in total. The first-order valence-electron chi connectivity index (χ1n) is 9.82. The summed E-state index contributed by atoms with van der Waals surface area (Å²) >= 11 is 0. The zero-order valence-corrected chi connectivity index (χ0v) is 17.4. The van der Waals surface area contributed by atoms with E-state index in [1.807, 2.05) is 60.0 Å². The van der Waals surface area contributed by atoms with Crippen LogP contribution in [0, 0.1) is 5.92 Å². The van der Waals surface area contributed by atoms with E-state index in [4.69, 9.17) is 14.0 Å². The van der Waals surface area contributed by atoms with E-state index in [1.165, 1.54) is 0 Å². The van der Waals surface area contributed by atoms with Gasteiger partial charge in [0.1, 0.15) is 11.9 Å². The molecule has 8 heteroatoms. The quantitative estimate of drug-likeness (QED) is 0.813. The molecule has 150 valence electrons. The zero-order chi connectivity index (χ0) is 20.3. The van der Waals surface area contributed by atoms with E-state index in [-0.39, 0.29) is 17.9 Å². The molecule has 2 saturated heterocycles. The third kappa shape index (κ3) is 3.29. The number of ether oxygens (including phenoxy) is 1. The first kappa shape index (κ1) is 19.3. The van der Waals surface area contributed by atoms with Gasteiger partial charge in [-0.3, -0.25) is 9.48 Å². The molecule has 2 fully saturated rings. The maximum Gasteiger partial charge on any atom is 0.495 e. The van der Waals surface area contributed by atoms with Crippen molar-refractivity contribution in [3.8, 4) is 5.75 Å². The van der Waals surface area contributed by atoms with E-state index in [9.17, 15) is 4.79 Å². The molecule has 1 unspecified atom stereocenters. The van der Waals surface area contributed by atoms with Gasteiger partial charge in [0, 0.05) is 32.1 Å². The van der Waals surface area contributed by atoms with Crippen LogP contribution in [0.3, 0.4) is 0 Å². The highest BCUT2D eigenvalue weighted by Crippen LogP contribution is 2.37. The van der Waals surface area contributed by atoms with Gasteiger partial charge >= 0.3 is 7.12 Å². The molecule has 4 rings (SSSR count). The van der Waals surface area contributed by atoms with Crippen molar-refractivity contribution in [2.45, 2.75) is 58.3 Å². The van der Waals surface area contributed by atoms with Crippen LogP contribution in [-0.4, -0.2) is 46.7 Å². The number of aryl methyl sites for hydroxylation is 1. The number of hydrogen-bond acceptors (Lipinski definition) is 5. The average molecular weight is 385 g/mol. The van der Waals surface area contributed by atoms with Crippen LogP contribution in [0.25, 0.3) is 10.9 Å². The van der Waals surface area contributed by atoms with Gasteiger partial charge in [0.2, 0.25) is 5.91 Å². The highest BCUT2D eigenvalue weighted by atomic mass is 16.7. The Kier molecular flexibility index (Phi) is 4.47. The monoisotopic (exact) mass is 385 g/mol. The number of benzene rings is 1. The minimum atomic E-state index is -0.483. The average Bonchev–Trinajstić information content (AvgIpc) is 3.23. The van der Waals surface area contributed by atoms with Crippen molar-refractivity contribution in [3.63, 3.8) is 0 Å². The fourth-order valence-corrected chi connectivity index (χ4v) is 3.70. The molecule has 28 heavy (non-hydrogen) atoms. The number of amides is 1. The van der Waals surface area contributed by atoms with Crippen LogP contribution in [0.1, 0.15) is 41.0 Å². The SMILES string of the molecule is CC(Oc1cc(B2OC(C)(C)C(C)(C)O2)cc2nn(C)cc12)[C@H]1CNC(=O)C1. The Hall–Kier alpha value is -2.06. The summed E-state index contributed by atoms with van der Waals surface area (Å²) in [6.07, 6.45) is 2.34. The molecular weight excluding hydrogens is 357 g/mol. The molecule has 1 aromatic carbocycles. The second-order valence-corrected chi connectivity index (χ2v) is 8.93. The second-order valence-electron chi connectivity index (χ2n) is 8.93. The lowest BCUT2D eigenvalue weighted by molar-refractivity contribution is -0.119. The highest BCUT2D eigenvalue weighted by Gasteiger charge is 2.52. The van der Waals surface area contributed by atoms with Crippen LogP contribution < -0.4 is 15.5 Å². The highest BCUT2D eigenvalue weighted by molar-refractivity contribution is 6.62. The molecule has 2 atom stereocenters. The normalized spacial score (nSPS) is 24.6. The molecular formula is C20H28BN3O4. The van der Waals surface area contributed by atoms with E-state index in [1.54, 1.807) is 4.68 Å². The Balaban J connectivity index is 1.67. The van der Waals surface area contributed by atoms with Gasteiger partial charge in [0.15, 0.2) is 0 Å². The van der Waals surface area contributed by atoms with Crippen molar-refractivity contribution in [3.05, 3.63) is 18.3 Å². The zero-order valence-electron chi connectivity index (χ0n) is 17.4. The summed E-state index contributed by atoms with van der Waals surface area (Å²) in [6.45, 7) is 10.8. The van der Waals surface area contributed by atoms with E-state index in [0.717, 1.165) is 22.1 Å². The number of carbonyl (C=O) groups excluding carboxylic acids is 1. The first-order chi connectivity index (χ1) is 13.1. The van der Waals surface area contributed by atoms with E-state index in [2.05, 4.69) is 10.4 Å². The fraction of sp³-hybridized carbons (Fsp3) is 0.600. The molecule has 2 aliphatic heterocycles. The molecule has 3 heterocycles. The van der Waals surface area contributed by atoms with Gasteiger partial charge in [-0.25, -0.2) is 0 Å². The van der Waals surface area contributed by atoms with Gasteiger partial charge in [0.05, 0.1) is 22.1 Å². The van der Waals surface area contributed by atoms with Crippen molar-refractivity contribution >= 4 is 29.4 Å². The van der Waals surface area contributed by atoms with Crippen LogP contribution in [0.2, 0.25) is 0 Å². The van der Waals surface area contributed by atoms with Crippen molar-refractivity contribution in [2.24, 2.45) is 13.0 Å². The van der Waals surface area contributed by atoms with E-state index >= 15 is 0 Å². The first-order valence-corrected chi connectivity index (χ1v) is 9.82. The molecule has 0 radical (unpaired) electrons. The molecule has 1 amide bonds. The van der Waals surface area contributed by atoms with E-state index < -0.39 is 18.3 Å². The number of nitrogens with one attached hydrogen (secondary N) is 1. The van der Waals surface area contributed by atoms with Crippen molar-refractivity contribution in [1.29, 1.82) is 0 Å². The van der Waals surface area contributed by atoms with Gasteiger partial charge in [0.25, 0.3) is 0 Å². The van der Waals surface area contributed by atoms with Gasteiger partial charge in [-0.2, -0.15) is 5.10 Å². The van der Waals surface area contributed by atoms with Crippen LogP contribution in [0.15, 0.2) is 18.3 Å². The molecule has 0 bridgehead atoms. The summed E-state index contributed by atoms with van der Waals surface area (Å²) in [7, 11) is 1.41. The molecule has 1 aromatic heterocycles. The standard InChI is InChI=1S/C20H28BN3O4/c1-12(13-7-18(25)22-10-13)26-17-9-14(8-16-15(17)11-24(6)23-16)21-27-19(2,3)20(4,5)28-21/h8-9,11-13H,7,10H2,1-6H3,(H,22,25)/t12?,13-/m1/s1. The van der Waals surface area contributed by atoms with Crippen LogP contribution >= 0.6 is 0 Å². The Morgan fingerprint density at radius 3 is 2.57 bits per heavy atom. The third-order valence-corrected chi connectivity index (χ3v) is 6.24. The predicted octanol–water partition coefficient (Wildman–Crippen LogP) is 1.78. The summed E-state index contributed by atoms with van der Waals surface area (Å²) < 4.78 is 20.5.